The van der Waals surface area contributed by atoms with Gasteiger partial charge in [0.25, 0.3) is 0 Å². The van der Waals surface area contributed by atoms with Crippen LogP contribution in [-0.4, -0.2) is 4.98 Å². The molecular formula is C17H11Cl4NS2. The van der Waals surface area contributed by atoms with Gasteiger partial charge >= 0.3 is 0 Å². The number of aromatic nitrogens is 1. The highest BCUT2D eigenvalue weighted by atomic mass is 35.5. The monoisotopic (exact) mass is 433 g/mol. The standard InChI is InChI=1S/C17H11Cl4NS2/c18-12-5-4-10(6-15(12)21)7-16-22-11(8-23-16)9-24-17-13(19)2-1-3-14(17)20/h1-6,8H,7,9H2. The van der Waals surface area contributed by atoms with Crippen molar-refractivity contribution < 1.29 is 0 Å². The minimum atomic E-state index is 0.563. The Kier molecular flexibility index (Phi) is 6.36. The molecule has 0 aliphatic rings. The molecule has 0 radical (unpaired) electrons. The third-order valence-electron chi connectivity index (χ3n) is 3.22. The number of thiazole rings is 1. The lowest BCUT2D eigenvalue weighted by Crippen LogP contribution is -1.89. The third kappa shape index (κ3) is 4.60. The number of benzene rings is 2. The van der Waals surface area contributed by atoms with Crippen LogP contribution in [0.3, 0.4) is 0 Å². The van der Waals surface area contributed by atoms with Crippen LogP contribution in [-0.2, 0) is 12.2 Å². The van der Waals surface area contributed by atoms with Crippen LogP contribution in [0.5, 0.6) is 0 Å². The Morgan fingerprint density at radius 2 is 1.67 bits per heavy atom. The summed E-state index contributed by atoms with van der Waals surface area (Å²) in [5, 5.41) is 5.56. The summed E-state index contributed by atoms with van der Waals surface area (Å²) in [4.78, 5) is 5.56. The molecule has 0 aliphatic heterocycles. The molecular weight excluding hydrogens is 424 g/mol. The second kappa shape index (κ2) is 8.31. The SMILES string of the molecule is Clc1ccc(Cc2nc(CSc3c(Cl)cccc3Cl)cs2)cc1Cl. The van der Waals surface area contributed by atoms with Crippen molar-refractivity contribution in [3.8, 4) is 0 Å². The van der Waals surface area contributed by atoms with E-state index in [-0.39, 0.29) is 0 Å². The van der Waals surface area contributed by atoms with Crippen LogP contribution in [0, 0.1) is 0 Å². The van der Waals surface area contributed by atoms with E-state index < -0.39 is 0 Å². The summed E-state index contributed by atoms with van der Waals surface area (Å²) in [6.45, 7) is 0. The van der Waals surface area contributed by atoms with Gasteiger partial charge in [-0.2, -0.15) is 0 Å². The second-order valence-corrected chi connectivity index (χ2v) is 8.55. The first-order valence-corrected chi connectivity index (χ1v) is 10.3. The summed E-state index contributed by atoms with van der Waals surface area (Å²) in [6.07, 6.45) is 0.735. The second-order valence-electron chi connectivity index (χ2n) is 5.00. The van der Waals surface area contributed by atoms with E-state index in [9.17, 15) is 0 Å². The Morgan fingerprint density at radius 3 is 2.38 bits per heavy atom. The number of thioether (sulfide) groups is 1. The van der Waals surface area contributed by atoms with E-state index in [1.165, 1.54) is 0 Å². The molecule has 0 saturated heterocycles. The van der Waals surface area contributed by atoms with E-state index in [2.05, 4.69) is 10.4 Å². The Hall–Kier alpha value is -0.420. The quantitative estimate of drug-likeness (QED) is 0.382. The van der Waals surface area contributed by atoms with Gasteiger partial charge in [0.05, 0.1) is 30.8 Å². The smallest absolute Gasteiger partial charge is 0.0972 e. The molecule has 2 aromatic carbocycles. The molecule has 24 heavy (non-hydrogen) atoms. The van der Waals surface area contributed by atoms with Crippen LogP contribution in [0.25, 0.3) is 0 Å². The lowest BCUT2D eigenvalue weighted by molar-refractivity contribution is 1.09. The van der Waals surface area contributed by atoms with Gasteiger partial charge in [-0.05, 0) is 29.8 Å². The summed E-state index contributed by atoms with van der Waals surface area (Å²) in [5.74, 6) is 0.724. The molecule has 0 unspecified atom stereocenters. The van der Waals surface area contributed by atoms with Crippen LogP contribution in [0.15, 0.2) is 46.7 Å². The number of rotatable bonds is 5. The zero-order chi connectivity index (χ0) is 17.1. The third-order valence-corrected chi connectivity index (χ3v) is 6.88. The largest absolute Gasteiger partial charge is 0.245 e. The molecule has 1 heterocycles. The fourth-order valence-electron chi connectivity index (χ4n) is 2.09. The predicted octanol–water partition coefficient (Wildman–Crippen LogP) is 7.64. The highest BCUT2D eigenvalue weighted by Gasteiger charge is 2.09. The molecule has 0 amide bonds. The van der Waals surface area contributed by atoms with E-state index in [1.54, 1.807) is 23.1 Å². The van der Waals surface area contributed by atoms with Crippen LogP contribution in [0.1, 0.15) is 16.3 Å². The minimum absolute atomic E-state index is 0.563. The van der Waals surface area contributed by atoms with Crippen molar-refractivity contribution in [1.29, 1.82) is 0 Å². The normalized spacial score (nSPS) is 11.0. The molecule has 3 rings (SSSR count). The van der Waals surface area contributed by atoms with Crippen LogP contribution in [0.4, 0.5) is 0 Å². The van der Waals surface area contributed by atoms with Gasteiger partial charge in [0.15, 0.2) is 0 Å². The molecule has 3 aromatic rings. The molecule has 0 saturated carbocycles. The first-order chi connectivity index (χ1) is 11.5. The number of hydrogen-bond donors (Lipinski definition) is 0. The average Bonchev–Trinajstić information content (AvgIpc) is 2.98. The fourth-order valence-corrected chi connectivity index (χ4v) is 4.92. The number of hydrogen-bond acceptors (Lipinski definition) is 3. The molecule has 124 valence electrons. The molecule has 0 N–H and O–H groups in total. The van der Waals surface area contributed by atoms with Gasteiger partial charge in [-0.3, -0.25) is 0 Å². The maximum atomic E-state index is 6.19. The van der Waals surface area contributed by atoms with Gasteiger partial charge in [-0.15, -0.1) is 23.1 Å². The van der Waals surface area contributed by atoms with Crippen molar-refractivity contribution in [3.63, 3.8) is 0 Å². The lowest BCUT2D eigenvalue weighted by Gasteiger charge is -2.04. The molecule has 0 atom stereocenters. The zero-order valence-corrected chi connectivity index (χ0v) is 16.9. The first kappa shape index (κ1) is 18.4. The van der Waals surface area contributed by atoms with Gasteiger partial charge in [0, 0.05) is 22.4 Å². The average molecular weight is 435 g/mol. The van der Waals surface area contributed by atoms with Gasteiger partial charge in [-0.25, -0.2) is 4.98 Å². The molecule has 0 spiro atoms. The molecule has 1 nitrogen and oxygen atoms in total. The Labute approximate surface area is 168 Å². The summed E-state index contributed by atoms with van der Waals surface area (Å²) < 4.78 is 0. The molecule has 0 aliphatic carbocycles. The Bertz CT molecular complexity index is 843. The summed E-state index contributed by atoms with van der Waals surface area (Å²) >= 11 is 27.6. The van der Waals surface area contributed by atoms with Crippen molar-refractivity contribution >= 4 is 69.5 Å². The van der Waals surface area contributed by atoms with E-state index >= 15 is 0 Å². The van der Waals surface area contributed by atoms with Crippen molar-refractivity contribution in [2.24, 2.45) is 0 Å². The summed E-state index contributed by atoms with van der Waals surface area (Å²) in [6, 6.07) is 11.2. The van der Waals surface area contributed by atoms with Gasteiger partial charge in [0.1, 0.15) is 0 Å². The maximum Gasteiger partial charge on any atom is 0.0972 e. The zero-order valence-electron chi connectivity index (χ0n) is 12.2. The van der Waals surface area contributed by atoms with Crippen molar-refractivity contribution in [2.75, 3.05) is 0 Å². The van der Waals surface area contributed by atoms with E-state index in [0.29, 0.717) is 20.1 Å². The highest BCUT2D eigenvalue weighted by molar-refractivity contribution is 7.98. The summed E-state index contributed by atoms with van der Waals surface area (Å²) in [5.41, 5.74) is 2.10. The fraction of sp³-hybridized carbons (Fsp3) is 0.118. The van der Waals surface area contributed by atoms with Gasteiger partial charge < -0.3 is 0 Å². The maximum absolute atomic E-state index is 6.19. The van der Waals surface area contributed by atoms with Crippen molar-refractivity contribution in [1.82, 2.24) is 4.98 Å². The van der Waals surface area contributed by atoms with Crippen LogP contribution >= 0.6 is 69.5 Å². The first-order valence-electron chi connectivity index (χ1n) is 6.97. The van der Waals surface area contributed by atoms with Crippen LogP contribution in [0.2, 0.25) is 20.1 Å². The van der Waals surface area contributed by atoms with E-state index in [1.807, 2.05) is 36.4 Å². The summed E-state index contributed by atoms with van der Waals surface area (Å²) in [7, 11) is 0. The van der Waals surface area contributed by atoms with Crippen molar-refractivity contribution in [3.05, 3.63) is 78.1 Å². The minimum Gasteiger partial charge on any atom is -0.245 e. The molecule has 0 fully saturated rings. The lowest BCUT2D eigenvalue weighted by atomic mass is 10.2. The van der Waals surface area contributed by atoms with Crippen LogP contribution < -0.4 is 0 Å². The van der Waals surface area contributed by atoms with E-state index in [0.717, 1.165) is 33.3 Å². The van der Waals surface area contributed by atoms with Gasteiger partial charge in [0.2, 0.25) is 0 Å². The number of nitrogens with zero attached hydrogens (tertiary/aromatic N) is 1. The van der Waals surface area contributed by atoms with Crippen molar-refractivity contribution in [2.45, 2.75) is 17.1 Å². The molecule has 1 aromatic heterocycles. The van der Waals surface area contributed by atoms with E-state index in [4.69, 9.17) is 46.4 Å². The Balaban J connectivity index is 1.66. The van der Waals surface area contributed by atoms with Gasteiger partial charge in [-0.1, -0.05) is 58.5 Å². The topological polar surface area (TPSA) is 12.9 Å². The Morgan fingerprint density at radius 1 is 0.917 bits per heavy atom. The predicted molar refractivity (Wildman–Crippen MR) is 107 cm³/mol. The highest BCUT2D eigenvalue weighted by Crippen LogP contribution is 2.36. The molecule has 7 heteroatoms. The molecule has 0 bridgehead atoms. The number of halogens is 4.